The first-order chi connectivity index (χ1) is 7.75. The van der Waals surface area contributed by atoms with Crippen LogP contribution in [0, 0.1) is 11.8 Å². The molecule has 0 aromatic carbocycles. The minimum Gasteiger partial charge on any atom is -0.369 e. The van der Waals surface area contributed by atoms with Gasteiger partial charge in [-0.25, -0.2) is 0 Å². The zero-order valence-corrected chi connectivity index (χ0v) is 11.2. The van der Waals surface area contributed by atoms with Gasteiger partial charge in [-0.15, -0.1) is 12.4 Å². The largest absolute Gasteiger partial charge is 0.369 e. The van der Waals surface area contributed by atoms with E-state index in [2.05, 4.69) is 10.2 Å². The molecular weight excluding hydrogens is 238 g/mol. The van der Waals surface area contributed by atoms with Crippen molar-refractivity contribution < 1.29 is 4.79 Å². The van der Waals surface area contributed by atoms with E-state index in [1.54, 1.807) is 0 Å². The quantitative estimate of drug-likeness (QED) is 0.783. The number of piperidine rings is 2. The number of primary amides is 1. The number of likely N-dealkylation sites (tertiary alicyclic amines) is 1. The Morgan fingerprint density at radius 2 is 2.18 bits per heavy atom. The average Bonchev–Trinajstić information content (AvgIpc) is 2.30. The van der Waals surface area contributed by atoms with E-state index in [0.717, 1.165) is 44.9 Å². The molecule has 0 aliphatic carbocycles. The second-order valence-corrected chi connectivity index (χ2v) is 5.21. The summed E-state index contributed by atoms with van der Waals surface area (Å²) in [6.07, 6.45) is 4.71. The lowest BCUT2D eigenvalue weighted by Crippen LogP contribution is -2.45. The van der Waals surface area contributed by atoms with Crippen molar-refractivity contribution in [2.45, 2.75) is 25.7 Å². The normalized spacial score (nSPS) is 30.6. The minimum absolute atomic E-state index is 0. The standard InChI is InChI=1S/C12H23N3O.ClH/c13-12(16)11-4-2-6-15(9-11)8-10-3-1-5-14-7-10;/h10-11,14H,1-9H2,(H2,13,16);1H. The molecule has 2 atom stereocenters. The van der Waals surface area contributed by atoms with Crippen molar-refractivity contribution in [3.63, 3.8) is 0 Å². The fraction of sp³-hybridized carbons (Fsp3) is 0.917. The molecule has 4 nitrogen and oxygen atoms in total. The van der Waals surface area contributed by atoms with Gasteiger partial charge >= 0.3 is 0 Å². The van der Waals surface area contributed by atoms with Gasteiger partial charge < -0.3 is 16.0 Å². The predicted octanol–water partition coefficient (Wildman–Crippen LogP) is 0.605. The topological polar surface area (TPSA) is 58.4 Å². The Bertz CT molecular complexity index is 244. The summed E-state index contributed by atoms with van der Waals surface area (Å²) in [5.41, 5.74) is 5.38. The number of carbonyl (C=O) groups is 1. The van der Waals surface area contributed by atoms with Crippen molar-refractivity contribution in [2.24, 2.45) is 17.6 Å². The molecule has 0 radical (unpaired) electrons. The van der Waals surface area contributed by atoms with Gasteiger partial charge in [-0.1, -0.05) is 0 Å². The fourth-order valence-corrected chi connectivity index (χ4v) is 2.90. The van der Waals surface area contributed by atoms with Gasteiger partial charge in [0.1, 0.15) is 0 Å². The Hall–Kier alpha value is -0.320. The van der Waals surface area contributed by atoms with Crippen LogP contribution in [0.1, 0.15) is 25.7 Å². The van der Waals surface area contributed by atoms with Gasteiger partial charge in [0.2, 0.25) is 5.91 Å². The number of carbonyl (C=O) groups excluding carboxylic acids is 1. The van der Waals surface area contributed by atoms with E-state index in [1.165, 1.54) is 19.4 Å². The van der Waals surface area contributed by atoms with Crippen LogP contribution < -0.4 is 11.1 Å². The van der Waals surface area contributed by atoms with E-state index in [0.29, 0.717) is 0 Å². The number of nitrogens with zero attached hydrogens (tertiary/aromatic N) is 1. The summed E-state index contributed by atoms with van der Waals surface area (Å²) in [5, 5.41) is 3.44. The van der Waals surface area contributed by atoms with Crippen LogP contribution in [0.4, 0.5) is 0 Å². The van der Waals surface area contributed by atoms with Crippen molar-refractivity contribution in [3.8, 4) is 0 Å². The zero-order chi connectivity index (χ0) is 11.4. The summed E-state index contributed by atoms with van der Waals surface area (Å²) in [4.78, 5) is 13.6. The molecule has 1 amide bonds. The molecule has 2 aliphatic heterocycles. The maximum Gasteiger partial charge on any atom is 0.221 e. The molecule has 5 heteroatoms. The lowest BCUT2D eigenvalue weighted by atomic mass is 9.94. The lowest BCUT2D eigenvalue weighted by Gasteiger charge is -2.35. The number of hydrogen-bond donors (Lipinski definition) is 2. The second kappa shape index (κ2) is 7.19. The number of hydrogen-bond acceptors (Lipinski definition) is 3. The Labute approximate surface area is 110 Å². The van der Waals surface area contributed by atoms with Crippen molar-refractivity contribution in [3.05, 3.63) is 0 Å². The molecule has 2 aliphatic rings. The molecule has 2 saturated heterocycles. The Balaban J connectivity index is 0.00000144. The van der Waals surface area contributed by atoms with Crippen LogP contribution in [-0.4, -0.2) is 43.5 Å². The van der Waals surface area contributed by atoms with Crippen LogP contribution in [0.25, 0.3) is 0 Å². The maximum absolute atomic E-state index is 11.2. The van der Waals surface area contributed by atoms with Gasteiger partial charge in [0.25, 0.3) is 0 Å². The van der Waals surface area contributed by atoms with Crippen molar-refractivity contribution in [1.29, 1.82) is 0 Å². The van der Waals surface area contributed by atoms with Crippen LogP contribution in [0.15, 0.2) is 0 Å². The molecule has 3 N–H and O–H groups in total. The van der Waals surface area contributed by atoms with Gasteiger partial charge in [-0.3, -0.25) is 4.79 Å². The molecular formula is C12H24ClN3O. The van der Waals surface area contributed by atoms with E-state index in [9.17, 15) is 4.79 Å². The average molecular weight is 262 g/mol. The summed E-state index contributed by atoms with van der Waals surface area (Å²) in [7, 11) is 0. The van der Waals surface area contributed by atoms with E-state index < -0.39 is 0 Å². The number of nitrogens with two attached hydrogens (primary N) is 1. The van der Waals surface area contributed by atoms with Crippen LogP contribution in [0.5, 0.6) is 0 Å². The predicted molar refractivity (Wildman–Crippen MR) is 71.2 cm³/mol. The molecule has 0 aromatic rings. The van der Waals surface area contributed by atoms with Gasteiger partial charge in [0, 0.05) is 13.1 Å². The zero-order valence-electron chi connectivity index (χ0n) is 10.4. The third kappa shape index (κ3) is 4.45. The fourth-order valence-electron chi connectivity index (χ4n) is 2.90. The highest BCUT2D eigenvalue weighted by Gasteiger charge is 2.25. The smallest absolute Gasteiger partial charge is 0.221 e. The van der Waals surface area contributed by atoms with E-state index in [4.69, 9.17) is 5.73 Å². The molecule has 0 bridgehead atoms. The number of nitrogens with one attached hydrogen (secondary N) is 1. The monoisotopic (exact) mass is 261 g/mol. The summed E-state index contributed by atoms with van der Waals surface area (Å²) < 4.78 is 0. The van der Waals surface area contributed by atoms with Crippen molar-refractivity contribution in [1.82, 2.24) is 10.2 Å². The van der Waals surface area contributed by atoms with Crippen LogP contribution >= 0.6 is 12.4 Å². The highest BCUT2D eigenvalue weighted by molar-refractivity contribution is 5.85. The Kier molecular flexibility index (Phi) is 6.23. The van der Waals surface area contributed by atoms with Crippen LogP contribution in [0.3, 0.4) is 0 Å². The molecule has 2 unspecified atom stereocenters. The lowest BCUT2D eigenvalue weighted by molar-refractivity contribution is -0.123. The third-order valence-electron chi connectivity index (χ3n) is 3.82. The molecule has 100 valence electrons. The van der Waals surface area contributed by atoms with Crippen molar-refractivity contribution >= 4 is 18.3 Å². The van der Waals surface area contributed by atoms with Gasteiger partial charge in [0.15, 0.2) is 0 Å². The first-order valence-electron chi connectivity index (χ1n) is 6.48. The Morgan fingerprint density at radius 1 is 1.35 bits per heavy atom. The third-order valence-corrected chi connectivity index (χ3v) is 3.82. The minimum atomic E-state index is -0.119. The maximum atomic E-state index is 11.2. The van der Waals surface area contributed by atoms with Crippen LogP contribution in [0.2, 0.25) is 0 Å². The molecule has 2 rings (SSSR count). The molecule has 0 aromatic heterocycles. The first-order valence-corrected chi connectivity index (χ1v) is 6.48. The number of halogens is 1. The summed E-state index contributed by atoms with van der Waals surface area (Å²) >= 11 is 0. The molecule has 17 heavy (non-hydrogen) atoms. The molecule has 2 fully saturated rings. The van der Waals surface area contributed by atoms with Gasteiger partial charge in [-0.05, 0) is 51.2 Å². The molecule has 0 saturated carbocycles. The molecule has 0 spiro atoms. The highest BCUT2D eigenvalue weighted by atomic mass is 35.5. The number of amides is 1. The Morgan fingerprint density at radius 3 is 2.82 bits per heavy atom. The number of rotatable bonds is 3. The second-order valence-electron chi connectivity index (χ2n) is 5.21. The van der Waals surface area contributed by atoms with Gasteiger partial charge in [0.05, 0.1) is 5.92 Å². The summed E-state index contributed by atoms with van der Waals surface area (Å²) in [6.45, 7) is 5.46. The highest BCUT2D eigenvalue weighted by Crippen LogP contribution is 2.19. The molecule has 2 heterocycles. The van der Waals surface area contributed by atoms with Crippen LogP contribution in [-0.2, 0) is 4.79 Å². The van der Waals surface area contributed by atoms with E-state index in [1.807, 2.05) is 0 Å². The van der Waals surface area contributed by atoms with Gasteiger partial charge in [-0.2, -0.15) is 0 Å². The SMILES string of the molecule is Cl.NC(=O)C1CCCN(CC2CCCNC2)C1. The first kappa shape index (κ1) is 14.7. The van der Waals surface area contributed by atoms with E-state index in [-0.39, 0.29) is 24.2 Å². The van der Waals surface area contributed by atoms with E-state index >= 15 is 0 Å². The van der Waals surface area contributed by atoms with Crippen molar-refractivity contribution in [2.75, 3.05) is 32.7 Å². The summed E-state index contributed by atoms with van der Waals surface area (Å²) in [5.74, 6) is 0.733. The summed E-state index contributed by atoms with van der Waals surface area (Å²) in [6, 6.07) is 0.